The lowest BCUT2D eigenvalue weighted by molar-refractivity contribution is -0.141. The number of carboxylic acid groups (broad SMARTS) is 1. The molecule has 1 atom stereocenters. The fourth-order valence-corrected chi connectivity index (χ4v) is 2.91. The summed E-state index contributed by atoms with van der Waals surface area (Å²) in [7, 11) is 0. The van der Waals surface area contributed by atoms with Crippen LogP contribution < -0.4 is 0 Å². The van der Waals surface area contributed by atoms with E-state index in [1.165, 1.54) is 0 Å². The first-order chi connectivity index (χ1) is 8.56. The molecule has 1 fully saturated rings. The maximum absolute atomic E-state index is 11.6. The average Bonchev–Trinajstić information content (AvgIpc) is 2.87. The van der Waals surface area contributed by atoms with Gasteiger partial charge in [0.1, 0.15) is 0 Å². The van der Waals surface area contributed by atoms with Crippen LogP contribution in [0.2, 0.25) is 0 Å². The third-order valence-electron chi connectivity index (χ3n) is 3.05. The number of carboxylic acids is 1. The molecule has 1 aliphatic heterocycles. The van der Waals surface area contributed by atoms with E-state index in [0.29, 0.717) is 13.1 Å². The van der Waals surface area contributed by atoms with Crippen LogP contribution in [0.4, 0.5) is 0 Å². The Morgan fingerprint density at radius 3 is 3.00 bits per heavy atom. The molecule has 2 rings (SSSR count). The number of hydrogen-bond donors (Lipinski definition) is 1. The van der Waals surface area contributed by atoms with Crippen molar-refractivity contribution in [3.05, 3.63) is 16.1 Å². The number of amides is 1. The van der Waals surface area contributed by atoms with Crippen molar-refractivity contribution in [1.29, 1.82) is 0 Å². The number of carbonyl (C=O) groups is 2. The smallest absolute Gasteiger partial charge is 0.308 e. The van der Waals surface area contributed by atoms with Gasteiger partial charge in [0.05, 0.1) is 10.9 Å². The van der Waals surface area contributed by atoms with Crippen LogP contribution in [0.25, 0.3) is 0 Å². The second-order valence-electron chi connectivity index (χ2n) is 4.57. The molecule has 1 amide bonds. The molecule has 2 heterocycles. The zero-order valence-electron chi connectivity index (χ0n) is 10.3. The van der Waals surface area contributed by atoms with Crippen molar-refractivity contribution in [2.75, 3.05) is 13.1 Å². The minimum absolute atomic E-state index is 0.0438. The van der Waals surface area contributed by atoms with Gasteiger partial charge in [-0.15, -0.1) is 11.3 Å². The lowest BCUT2D eigenvalue weighted by atomic mass is 10.1. The molecule has 5 nitrogen and oxygen atoms in total. The van der Waals surface area contributed by atoms with E-state index in [1.54, 1.807) is 16.2 Å². The van der Waals surface area contributed by atoms with Crippen LogP contribution in [0.5, 0.6) is 0 Å². The molecule has 0 spiro atoms. The van der Waals surface area contributed by atoms with E-state index in [9.17, 15) is 9.59 Å². The van der Waals surface area contributed by atoms with Crippen molar-refractivity contribution in [3.8, 4) is 0 Å². The Labute approximate surface area is 109 Å². The maximum atomic E-state index is 11.6. The SMILES string of the molecule is Cc1csc(CCCN2C[C@@H](C(=O)O)CC2=O)n1. The van der Waals surface area contributed by atoms with E-state index in [4.69, 9.17) is 5.11 Å². The van der Waals surface area contributed by atoms with E-state index in [1.807, 2.05) is 12.3 Å². The van der Waals surface area contributed by atoms with Crippen molar-refractivity contribution in [2.45, 2.75) is 26.2 Å². The fraction of sp³-hybridized carbons (Fsp3) is 0.583. The predicted octanol–water partition coefficient (Wildman–Crippen LogP) is 1.32. The highest BCUT2D eigenvalue weighted by atomic mass is 32.1. The zero-order valence-corrected chi connectivity index (χ0v) is 11.1. The van der Waals surface area contributed by atoms with Crippen LogP contribution in [0.1, 0.15) is 23.5 Å². The minimum Gasteiger partial charge on any atom is -0.481 e. The monoisotopic (exact) mass is 268 g/mol. The van der Waals surface area contributed by atoms with Crippen LogP contribution in [0.15, 0.2) is 5.38 Å². The molecule has 0 radical (unpaired) electrons. The number of rotatable bonds is 5. The molecular weight excluding hydrogens is 252 g/mol. The quantitative estimate of drug-likeness (QED) is 0.874. The summed E-state index contributed by atoms with van der Waals surface area (Å²) in [6.45, 7) is 2.94. The Hall–Kier alpha value is -1.43. The lowest BCUT2D eigenvalue weighted by Crippen LogP contribution is -2.27. The summed E-state index contributed by atoms with van der Waals surface area (Å²) in [5.41, 5.74) is 1.03. The number of aromatic nitrogens is 1. The summed E-state index contributed by atoms with van der Waals surface area (Å²) in [5.74, 6) is -1.45. The van der Waals surface area contributed by atoms with E-state index in [2.05, 4.69) is 4.98 Å². The standard InChI is InChI=1S/C12H16N2O3S/c1-8-7-18-10(13-8)3-2-4-14-6-9(12(16)17)5-11(14)15/h7,9H,2-6H2,1H3,(H,16,17)/t9-/m0/s1. The molecule has 0 bridgehead atoms. The summed E-state index contributed by atoms with van der Waals surface area (Å²) in [5, 5.41) is 12.0. The van der Waals surface area contributed by atoms with Gasteiger partial charge in [-0.3, -0.25) is 9.59 Å². The predicted molar refractivity (Wildman–Crippen MR) is 67.5 cm³/mol. The van der Waals surface area contributed by atoms with Gasteiger partial charge < -0.3 is 10.0 Å². The largest absolute Gasteiger partial charge is 0.481 e. The highest BCUT2D eigenvalue weighted by Crippen LogP contribution is 2.19. The average molecular weight is 268 g/mol. The van der Waals surface area contributed by atoms with Crippen molar-refractivity contribution in [3.63, 3.8) is 0 Å². The molecule has 1 aromatic heterocycles. The van der Waals surface area contributed by atoms with Gasteiger partial charge in [-0.1, -0.05) is 0 Å². The molecule has 1 aromatic rings. The van der Waals surface area contributed by atoms with Gasteiger partial charge in [0, 0.05) is 37.0 Å². The van der Waals surface area contributed by atoms with Crippen molar-refractivity contribution in [1.82, 2.24) is 9.88 Å². The van der Waals surface area contributed by atoms with Gasteiger partial charge in [-0.25, -0.2) is 4.98 Å². The van der Waals surface area contributed by atoms with Crippen molar-refractivity contribution < 1.29 is 14.7 Å². The van der Waals surface area contributed by atoms with E-state index < -0.39 is 11.9 Å². The van der Waals surface area contributed by atoms with Gasteiger partial charge in [0.2, 0.25) is 5.91 Å². The summed E-state index contributed by atoms with van der Waals surface area (Å²) in [6.07, 6.45) is 1.83. The summed E-state index contributed by atoms with van der Waals surface area (Å²) >= 11 is 1.63. The topological polar surface area (TPSA) is 70.5 Å². The van der Waals surface area contributed by atoms with E-state index >= 15 is 0 Å². The molecule has 0 saturated carbocycles. The Bertz CT molecular complexity index is 458. The highest BCUT2D eigenvalue weighted by Gasteiger charge is 2.33. The Morgan fingerprint density at radius 2 is 2.44 bits per heavy atom. The van der Waals surface area contributed by atoms with Crippen LogP contribution in [0, 0.1) is 12.8 Å². The van der Waals surface area contributed by atoms with Crippen molar-refractivity contribution in [2.24, 2.45) is 5.92 Å². The van der Waals surface area contributed by atoms with Crippen LogP contribution in [-0.2, 0) is 16.0 Å². The first-order valence-corrected chi connectivity index (χ1v) is 6.86. The molecule has 6 heteroatoms. The van der Waals surface area contributed by atoms with Gasteiger partial charge in [-0.05, 0) is 13.3 Å². The second kappa shape index (κ2) is 5.48. The van der Waals surface area contributed by atoms with Crippen LogP contribution in [0.3, 0.4) is 0 Å². The minimum atomic E-state index is -0.874. The van der Waals surface area contributed by atoms with E-state index in [0.717, 1.165) is 23.5 Å². The first-order valence-electron chi connectivity index (χ1n) is 5.98. The van der Waals surface area contributed by atoms with Crippen molar-refractivity contribution >= 4 is 23.2 Å². The molecule has 0 aromatic carbocycles. The molecule has 18 heavy (non-hydrogen) atoms. The number of carbonyl (C=O) groups excluding carboxylic acids is 1. The molecule has 1 saturated heterocycles. The highest BCUT2D eigenvalue weighted by molar-refractivity contribution is 7.09. The zero-order chi connectivity index (χ0) is 13.1. The van der Waals surface area contributed by atoms with Gasteiger partial charge >= 0.3 is 5.97 Å². The number of aryl methyl sites for hydroxylation is 2. The lowest BCUT2D eigenvalue weighted by Gasteiger charge is -2.15. The maximum Gasteiger partial charge on any atom is 0.308 e. The number of likely N-dealkylation sites (tertiary alicyclic amines) is 1. The molecule has 0 unspecified atom stereocenters. The summed E-state index contributed by atoms with van der Waals surface area (Å²) < 4.78 is 0. The normalized spacial score (nSPS) is 19.5. The number of nitrogens with zero attached hydrogens (tertiary/aromatic N) is 2. The molecule has 98 valence electrons. The molecule has 0 aliphatic carbocycles. The van der Waals surface area contributed by atoms with Gasteiger partial charge in [0.15, 0.2) is 0 Å². The van der Waals surface area contributed by atoms with E-state index in [-0.39, 0.29) is 12.3 Å². The summed E-state index contributed by atoms with van der Waals surface area (Å²) in [6, 6.07) is 0. The van der Waals surface area contributed by atoms with Gasteiger partial charge in [-0.2, -0.15) is 0 Å². The number of aliphatic carboxylic acids is 1. The van der Waals surface area contributed by atoms with Gasteiger partial charge in [0.25, 0.3) is 0 Å². The Kier molecular flexibility index (Phi) is 3.96. The third kappa shape index (κ3) is 3.07. The fourth-order valence-electron chi connectivity index (χ4n) is 2.09. The number of thiazole rings is 1. The second-order valence-corrected chi connectivity index (χ2v) is 5.51. The molecular formula is C12H16N2O3S. The molecule has 1 N–H and O–H groups in total. The Morgan fingerprint density at radius 1 is 1.67 bits per heavy atom. The third-order valence-corrected chi connectivity index (χ3v) is 4.08. The molecule has 1 aliphatic rings. The Balaban J connectivity index is 1.77. The number of hydrogen-bond acceptors (Lipinski definition) is 4. The first kappa shape index (κ1) is 13.0. The van der Waals surface area contributed by atoms with Crippen LogP contribution in [-0.4, -0.2) is 40.0 Å². The summed E-state index contributed by atoms with van der Waals surface area (Å²) in [4.78, 5) is 28.4. The van der Waals surface area contributed by atoms with Crippen LogP contribution >= 0.6 is 11.3 Å².